The summed E-state index contributed by atoms with van der Waals surface area (Å²) >= 11 is 0. The molecule has 27 heavy (non-hydrogen) atoms. The maximum atomic E-state index is 12.4. The van der Waals surface area contributed by atoms with Gasteiger partial charge in [0.25, 0.3) is 0 Å². The van der Waals surface area contributed by atoms with E-state index in [1.54, 1.807) is 6.07 Å². The highest BCUT2D eigenvalue weighted by Crippen LogP contribution is 2.20. The second-order valence-corrected chi connectivity index (χ2v) is 6.17. The van der Waals surface area contributed by atoms with Gasteiger partial charge in [-0.3, -0.25) is 0 Å². The molecule has 7 nitrogen and oxygen atoms in total. The molecule has 2 rings (SSSR count). The topological polar surface area (TPSA) is 94.4 Å². The van der Waals surface area contributed by atoms with Crippen molar-refractivity contribution in [2.45, 2.75) is 38.5 Å². The van der Waals surface area contributed by atoms with E-state index in [9.17, 15) is 14.7 Å². The molecule has 0 atom stereocenters. The number of allylic oxidation sites excluding steroid dienone is 1. The van der Waals surface area contributed by atoms with Crippen molar-refractivity contribution in [3.05, 3.63) is 41.5 Å². The third-order valence-corrected chi connectivity index (χ3v) is 4.08. The third kappa shape index (κ3) is 7.13. The monoisotopic (exact) mass is 375 g/mol. The summed E-state index contributed by atoms with van der Waals surface area (Å²) in [6.45, 7) is 0.0243. The minimum atomic E-state index is -0.521. The first kappa shape index (κ1) is 20.5. The van der Waals surface area contributed by atoms with Gasteiger partial charge in [0, 0.05) is 6.42 Å². The van der Waals surface area contributed by atoms with E-state index in [0.29, 0.717) is 42.7 Å². The largest absolute Gasteiger partial charge is 0.508 e. The fraction of sp³-hybridized carbons (Fsp3) is 0.450. The Morgan fingerprint density at radius 3 is 2.89 bits per heavy atom. The van der Waals surface area contributed by atoms with Crippen LogP contribution in [0.15, 0.2) is 35.5 Å². The van der Waals surface area contributed by atoms with Crippen LogP contribution in [0.25, 0.3) is 0 Å². The summed E-state index contributed by atoms with van der Waals surface area (Å²) < 4.78 is 9.84. The average molecular weight is 375 g/mol. The Morgan fingerprint density at radius 2 is 2.07 bits per heavy atom. The fourth-order valence-corrected chi connectivity index (χ4v) is 2.67. The number of phenols is 1. The number of esters is 2. The van der Waals surface area contributed by atoms with Crippen molar-refractivity contribution in [2.75, 3.05) is 20.3 Å². The number of carbonyl (C=O) groups is 2. The number of aromatic hydroxyl groups is 1. The third-order valence-electron chi connectivity index (χ3n) is 4.08. The van der Waals surface area contributed by atoms with Crippen LogP contribution in [0.3, 0.4) is 0 Å². The molecule has 1 heterocycles. The Labute approximate surface area is 158 Å². The zero-order chi connectivity index (χ0) is 19.5. The van der Waals surface area contributed by atoms with E-state index in [-0.39, 0.29) is 12.4 Å². The number of rotatable bonds is 3. The number of hydrogen-bond acceptors (Lipinski definition) is 7. The molecule has 1 aromatic carbocycles. The van der Waals surface area contributed by atoms with Crippen LogP contribution in [0.4, 0.5) is 0 Å². The van der Waals surface area contributed by atoms with Crippen LogP contribution in [0.1, 0.15) is 48.0 Å². The molecular formula is C20H25NO6. The number of benzene rings is 1. The van der Waals surface area contributed by atoms with Gasteiger partial charge in [-0.15, -0.1) is 0 Å². The van der Waals surface area contributed by atoms with Gasteiger partial charge in [-0.25, -0.2) is 9.59 Å². The van der Waals surface area contributed by atoms with Gasteiger partial charge in [-0.1, -0.05) is 17.3 Å². The van der Waals surface area contributed by atoms with E-state index in [1.165, 1.54) is 19.2 Å². The molecule has 0 saturated heterocycles. The Balaban J connectivity index is 2.23. The Hall–Kier alpha value is -2.83. The first-order valence-corrected chi connectivity index (χ1v) is 8.98. The van der Waals surface area contributed by atoms with Gasteiger partial charge in [0.1, 0.15) is 5.75 Å². The maximum absolute atomic E-state index is 12.4. The molecule has 1 aliphatic heterocycles. The lowest BCUT2D eigenvalue weighted by Crippen LogP contribution is -2.14. The van der Waals surface area contributed by atoms with Crippen molar-refractivity contribution in [1.29, 1.82) is 0 Å². The SMILES string of the molecule is COC(=O)CO/N=C1\CCCC/C=C/CCOC(=O)c2ccc(O)cc2C1. The number of hydrogen-bond donors (Lipinski definition) is 1. The zero-order valence-electron chi connectivity index (χ0n) is 15.5. The highest BCUT2D eigenvalue weighted by atomic mass is 16.6. The number of methoxy groups -OCH3 is 1. The molecule has 146 valence electrons. The molecule has 0 bridgehead atoms. The lowest BCUT2D eigenvalue weighted by molar-refractivity contribution is -0.145. The quantitative estimate of drug-likeness (QED) is 0.495. The van der Waals surface area contributed by atoms with E-state index >= 15 is 0 Å². The number of cyclic esters (lactones) is 1. The molecular weight excluding hydrogens is 350 g/mol. The van der Waals surface area contributed by atoms with Crippen LogP contribution < -0.4 is 0 Å². The molecule has 0 spiro atoms. The van der Waals surface area contributed by atoms with Crippen molar-refractivity contribution >= 4 is 17.7 Å². The van der Waals surface area contributed by atoms with Crippen LogP contribution in [-0.4, -0.2) is 43.1 Å². The number of nitrogens with zero attached hydrogens (tertiary/aromatic N) is 1. The lowest BCUT2D eigenvalue weighted by atomic mass is 9.98. The van der Waals surface area contributed by atoms with E-state index in [1.807, 2.05) is 6.08 Å². The molecule has 1 aromatic rings. The lowest BCUT2D eigenvalue weighted by Gasteiger charge is -2.12. The maximum Gasteiger partial charge on any atom is 0.346 e. The number of carbonyl (C=O) groups excluding carboxylic acids is 2. The van der Waals surface area contributed by atoms with Gasteiger partial charge < -0.3 is 19.4 Å². The Morgan fingerprint density at radius 1 is 1.26 bits per heavy atom. The highest BCUT2D eigenvalue weighted by molar-refractivity contribution is 5.94. The van der Waals surface area contributed by atoms with Crippen molar-refractivity contribution in [2.24, 2.45) is 5.16 Å². The second kappa shape index (κ2) is 11.0. The fourth-order valence-electron chi connectivity index (χ4n) is 2.67. The standard InChI is InChI=1S/C20H25NO6/c1-25-19(23)14-27-21-16-8-6-4-2-3-5-7-11-26-20(24)18-10-9-17(22)13-15(18)12-16/h3,5,9-10,13,22H,2,4,6-8,11-12,14H2,1H3/b5-3+,21-16+. The Kier molecular flexibility index (Phi) is 8.35. The van der Waals surface area contributed by atoms with Crippen LogP contribution >= 0.6 is 0 Å². The summed E-state index contributed by atoms with van der Waals surface area (Å²) in [5, 5.41) is 13.9. The summed E-state index contributed by atoms with van der Waals surface area (Å²) in [6, 6.07) is 4.52. The highest BCUT2D eigenvalue weighted by Gasteiger charge is 2.16. The van der Waals surface area contributed by atoms with Gasteiger partial charge in [0.15, 0.2) is 0 Å². The summed E-state index contributed by atoms with van der Waals surface area (Å²) in [5.41, 5.74) is 1.67. The molecule has 0 unspecified atom stereocenters. The number of oxime groups is 1. The molecule has 0 radical (unpaired) electrons. The van der Waals surface area contributed by atoms with Crippen molar-refractivity contribution < 1.29 is 29.0 Å². The zero-order valence-corrected chi connectivity index (χ0v) is 15.5. The van der Waals surface area contributed by atoms with Gasteiger partial charge >= 0.3 is 11.9 Å². The van der Waals surface area contributed by atoms with Crippen molar-refractivity contribution in [3.8, 4) is 5.75 Å². The van der Waals surface area contributed by atoms with Crippen LogP contribution in [-0.2, 0) is 25.5 Å². The molecule has 1 N–H and O–H groups in total. The molecule has 0 fully saturated rings. The van der Waals surface area contributed by atoms with Crippen molar-refractivity contribution in [3.63, 3.8) is 0 Å². The van der Waals surface area contributed by atoms with Gasteiger partial charge in [0.2, 0.25) is 6.61 Å². The second-order valence-electron chi connectivity index (χ2n) is 6.17. The first-order chi connectivity index (χ1) is 13.1. The smallest absolute Gasteiger partial charge is 0.346 e. The first-order valence-electron chi connectivity index (χ1n) is 8.98. The average Bonchev–Trinajstić information content (AvgIpc) is 2.65. The number of phenolic OH excluding ortho intramolecular Hbond substituents is 1. The number of fused-ring (bicyclic) bond motifs is 1. The van der Waals surface area contributed by atoms with E-state index < -0.39 is 11.9 Å². The summed E-state index contributed by atoms with van der Waals surface area (Å²) in [5.74, 6) is -0.905. The van der Waals surface area contributed by atoms with Gasteiger partial charge in [0.05, 0.1) is 25.0 Å². The minimum Gasteiger partial charge on any atom is -0.508 e. The van der Waals surface area contributed by atoms with E-state index in [2.05, 4.69) is 16.0 Å². The van der Waals surface area contributed by atoms with E-state index in [4.69, 9.17) is 9.57 Å². The predicted molar refractivity (Wildman–Crippen MR) is 99.7 cm³/mol. The van der Waals surface area contributed by atoms with E-state index in [0.717, 1.165) is 19.3 Å². The number of ether oxygens (including phenoxy) is 2. The summed E-state index contributed by atoms with van der Waals surface area (Å²) in [6.07, 6.45) is 8.54. The van der Waals surface area contributed by atoms with Gasteiger partial charge in [-0.2, -0.15) is 0 Å². The summed E-state index contributed by atoms with van der Waals surface area (Å²) in [4.78, 5) is 28.7. The van der Waals surface area contributed by atoms with Gasteiger partial charge in [-0.05, 0) is 55.9 Å². The molecule has 1 aliphatic rings. The Bertz CT molecular complexity index is 710. The van der Waals surface area contributed by atoms with Crippen LogP contribution in [0.2, 0.25) is 0 Å². The predicted octanol–water partition coefficient (Wildman–Crippen LogP) is 3.16. The summed E-state index contributed by atoms with van der Waals surface area (Å²) in [7, 11) is 1.28. The molecule has 0 saturated carbocycles. The molecule has 0 amide bonds. The minimum absolute atomic E-state index is 0.0560. The van der Waals surface area contributed by atoms with Crippen LogP contribution in [0, 0.1) is 0 Å². The molecule has 7 heteroatoms. The van der Waals surface area contributed by atoms with Crippen molar-refractivity contribution in [1.82, 2.24) is 0 Å². The molecule has 0 aromatic heterocycles. The molecule has 0 aliphatic carbocycles. The van der Waals surface area contributed by atoms with Crippen LogP contribution in [0.5, 0.6) is 5.75 Å². The normalized spacial score (nSPS) is 18.7.